The minimum Gasteiger partial charge on any atom is -0.497 e. The van der Waals surface area contributed by atoms with Crippen LogP contribution in [-0.2, 0) is 4.74 Å². The topological polar surface area (TPSA) is 76.2 Å². The van der Waals surface area contributed by atoms with Gasteiger partial charge in [-0.05, 0) is 42.3 Å². The maximum atomic E-state index is 11.4. The lowest BCUT2D eigenvalue weighted by Gasteiger charge is -2.00. The van der Waals surface area contributed by atoms with E-state index in [-0.39, 0.29) is 0 Å². The summed E-state index contributed by atoms with van der Waals surface area (Å²) >= 11 is 0. The molecule has 1 heterocycles. The molecule has 0 aliphatic heterocycles. The number of carbonyl (C=O) groups excluding carboxylic acids is 1. The van der Waals surface area contributed by atoms with Gasteiger partial charge in [-0.15, -0.1) is 0 Å². The van der Waals surface area contributed by atoms with Crippen molar-refractivity contribution in [3.8, 4) is 5.75 Å². The van der Waals surface area contributed by atoms with Gasteiger partial charge in [0.25, 0.3) is 0 Å². The minimum atomic E-state index is -0.527. The fourth-order valence-electron chi connectivity index (χ4n) is 2.36. The zero-order valence-corrected chi connectivity index (χ0v) is 14.1. The van der Waals surface area contributed by atoms with Crippen LogP contribution < -0.4 is 10.1 Å². The van der Waals surface area contributed by atoms with Gasteiger partial charge in [0.1, 0.15) is 5.75 Å². The van der Waals surface area contributed by atoms with E-state index in [2.05, 4.69) is 15.3 Å². The van der Waals surface area contributed by atoms with E-state index in [1.165, 1.54) is 0 Å². The molecule has 1 amide bonds. The molecule has 128 valence electrons. The monoisotopic (exact) mass is 337 g/mol. The molecule has 0 aliphatic rings. The van der Waals surface area contributed by atoms with E-state index in [9.17, 15) is 4.79 Å². The molecule has 0 saturated heterocycles. The van der Waals surface area contributed by atoms with Crippen LogP contribution in [0.3, 0.4) is 0 Å². The molecule has 25 heavy (non-hydrogen) atoms. The zero-order valence-electron chi connectivity index (χ0n) is 14.1. The summed E-state index contributed by atoms with van der Waals surface area (Å²) in [6.07, 6.45) is 3.51. The van der Waals surface area contributed by atoms with Crippen molar-refractivity contribution in [1.29, 1.82) is 0 Å². The Morgan fingerprint density at radius 1 is 1.16 bits per heavy atom. The standard InChI is InChI=1S/C19H19N3O3/c1-3-25-19(23)22-18-20-16-11-8-14(12-17(16)21-18)5-4-13-6-9-15(24-2)10-7-13/h4-12H,3H2,1-2H3,(H2,20,21,22,23). The van der Waals surface area contributed by atoms with Crippen LogP contribution in [0.25, 0.3) is 23.2 Å². The van der Waals surface area contributed by atoms with Crippen LogP contribution in [0.15, 0.2) is 42.5 Å². The summed E-state index contributed by atoms with van der Waals surface area (Å²) in [5.41, 5.74) is 3.71. The smallest absolute Gasteiger partial charge is 0.413 e. The Morgan fingerprint density at radius 2 is 1.88 bits per heavy atom. The lowest BCUT2D eigenvalue weighted by atomic mass is 10.1. The number of carbonyl (C=O) groups is 1. The lowest BCUT2D eigenvalue weighted by molar-refractivity contribution is 0.167. The van der Waals surface area contributed by atoms with Crippen molar-refractivity contribution in [2.75, 3.05) is 19.0 Å². The first-order chi connectivity index (χ1) is 12.2. The number of hydrogen-bond donors (Lipinski definition) is 2. The number of ether oxygens (including phenoxy) is 2. The highest BCUT2D eigenvalue weighted by Gasteiger charge is 2.07. The number of benzene rings is 2. The van der Waals surface area contributed by atoms with Crippen molar-refractivity contribution in [2.24, 2.45) is 0 Å². The minimum absolute atomic E-state index is 0.312. The van der Waals surface area contributed by atoms with Crippen LogP contribution >= 0.6 is 0 Å². The Morgan fingerprint density at radius 3 is 2.60 bits per heavy atom. The maximum Gasteiger partial charge on any atom is 0.413 e. The van der Waals surface area contributed by atoms with Gasteiger partial charge in [0, 0.05) is 0 Å². The first kappa shape index (κ1) is 16.6. The first-order valence-electron chi connectivity index (χ1n) is 7.93. The first-order valence-corrected chi connectivity index (χ1v) is 7.93. The van der Waals surface area contributed by atoms with Gasteiger partial charge in [-0.3, -0.25) is 5.32 Å². The van der Waals surface area contributed by atoms with Crippen molar-refractivity contribution in [3.05, 3.63) is 53.6 Å². The largest absolute Gasteiger partial charge is 0.497 e. The van der Waals surface area contributed by atoms with Gasteiger partial charge in [0.15, 0.2) is 0 Å². The molecule has 6 heteroatoms. The molecule has 0 aliphatic carbocycles. The molecular weight excluding hydrogens is 318 g/mol. The predicted molar refractivity (Wildman–Crippen MR) is 98.7 cm³/mol. The van der Waals surface area contributed by atoms with E-state index >= 15 is 0 Å². The number of rotatable bonds is 5. The van der Waals surface area contributed by atoms with Gasteiger partial charge in [0.05, 0.1) is 24.8 Å². The second-order valence-corrected chi connectivity index (χ2v) is 5.31. The van der Waals surface area contributed by atoms with E-state index in [0.29, 0.717) is 12.6 Å². The van der Waals surface area contributed by atoms with Gasteiger partial charge in [0.2, 0.25) is 5.95 Å². The highest BCUT2D eigenvalue weighted by atomic mass is 16.5. The molecule has 0 radical (unpaired) electrons. The fourth-order valence-corrected chi connectivity index (χ4v) is 2.36. The van der Waals surface area contributed by atoms with E-state index in [4.69, 9.17) is 9.47 Å². The summed E-state index contributed by atoms with van der Waals surface area (Å²) in [5.74, 6) is 1.20. The van der Waals surface area contributed by atoms with Crippen molar-refractivity contribution in [3.63, 3.8) is 0 Å². The van der Waals surface area contributed by atoms with E-state index < -0.39 is 6.09 Å². The summed E-state index contributed by atoms with van der Waals surface area (Å²) in [6, 6.07) is 13.7. The number of anilines is 1. The van der Waals surface area contributed by atoms with Crippen molar-refractivity contribution in [2.45, 2.75) is 6.92 Å². The summed E-state index contributed by atoms with van der Waals surface area (Å²) in [6.45, 7) is 2.06. The molecule has 0 fully saturated rings. The number of imidazole rings is 1. The van der Waals surface area contributed by atoms with Crippen molar-refractivity contribution < 1.29 is 14.3 Å². The van der Waals surface area contributed by atoms with E-state index in [1.807, 2.05) is 54.6 Å². The van der Waals surface area contributed by atoms with Crippen LogP contribution in [0.1, 0.15) is 18.1 Å². The highest BCUT2D eigenvalue weighted by Crippen LogP contribution is 2.19. The molecule has 0 atom stereocenters. The quantitative estimate of drug-likeness (QED) is 0.680. The molecule has 2 aromatic carbocycles. The number of nitrogens with one attached hydrogen (secondary N) is 2. The van der Waals surface area contributed by atoms with Crippen LogP contribution in [0.2, 0.25) is 0 Å². The number of fused-ring (bicyclic) bond motifs is 1. The second kappa shape index (κ2) is 7.53. The molecular formula is C19H19N3O3. The van der Waals surface area contributed by atoms with E-state index in [0.717, 1.165) is 27.9 Å². The molecule has 1 aromatic heterocycles. The van der Waals surface area contributed by atoms with Crippen LogP contribution in [0, 0.1) is 0 Å². The Hall–Kier alpha value is -3.28. The number of amides is 1. The molecule has 6 nitrogen and oxygen atoms in total. The third kappa shape index (κ3) is 4.17. The molecule has 0 unspecified atom stereocenters. The SMILES string of the molecule is CCOC(=O)Nc1nc2ccc(C=Cc3ccc(OC)cc3)cc2[nH]1. The maximum absolute atomic E-state index is 11.4. The normalized spacial score (nSPS) is 11.0. The Labute approximate surface area is 145 Å². The average molecular weight is 337 g/mol. The zero-order chi connectivity index (χ0) is 17.6. The molecule has 3 rings (SSSR count). The van der Waals surface area contributed by atoms with Gasteiger partial charge in [-0.25, -0.2) is 9.78 Å². The van der Waals surface area contributed by atoms with Gasteiger partial charge < -0.3 is 14.5 Å². The van der Waals surface area contributed by atoms with Gasteiger partial charge >= 0.3 is 6.09 Å². The van der Waals surface area contributed by atoms with Gasteiger partial charge in [-0.2, -0.15) is 0 Å². The predicted octanol–water partition coefficient (Wildman–Crippen LogP) is 4.31. The highest BCUT2D eigenvalue weighted by molar-refractivity contribution is 5.87. The van der Waals surface area contributed by atoms with E-state index in [1.54, 1.807) is 14.0 Å². The number of H-pyrrole nitrogens is 1. The number of hydrogen-bond acceptors (Lipinski definition) is 4. The number of nitrogens with zero attached hydrogens (tertiary/aromatic N) is 1. The molecule has 0 spiro atoms. The molecule has 3 aromatic rings. The average Bonchev–Trinajstić information content (AvgIpc) is 3.01. The van der Waals surface area contributed by atoms with Crippen LogP contribution in [0.5, 0.6) is 5.75 Å². The second-order valence-electron chi connectivity index (χ2n) is 5.31. The molecule has 0 saturated carbocycles. The van der Waals surface area contributed by atoms with Crippen molar-refractivity contribution in [1.82, 2.24) is 9.97 Å². The van der Waals surface area contributed by atoms with Gasteiger partial charge in [-0.1, -0.05) is 30.4 Å². The Bertz CT molecular complexity index is 898. The summed E-state index contributed by atoms with van der Waals surface area (Å²) in [4.78, 5) is 18.8. The van der Waals surface area contributed by atoms with Crippen molar-refractivity contribution >= 4 is 35.2 Å². The number of methoxy groups -OCH3 is 1. The van der Waals surface area contributed by atoms with Crippen LogP contribution in [-0.4, -0.2) is 29.8 Å². The third-order valence-corrected chi connectivity index (χ3v) is 3.59. The summed E-state index contributed by atoms with van der Waals surface area (Å²) < 4.78 is 9.99. The Kier molecular flexibility index (Phi) is 4.99. The summed E-state index contributed by atoms with van der Waals surface area (Å²) in [5, 5.41) is 2.56. The molecule has 0 bridgehead atoms. The summed E-state index contributed by atoms with van der Waals surface area (Å²) in [7, 11) is 1.65. The molecule has 2 N–H and O–H groups in total. The third-order valence-electron chi connectivity index (χ3n) is 3.59. The Balaban J connectivity index is 1.75. The fraction of sp³-hybridized carbons (Fsp3) is 0.158. The number of aromatic amines is 1. The van der Waals surface area contributed by atoms with Crippen LogP contribution in [0.4, 0.5) is 10.7 Å². The lowest BCUT2D eigenvalue weighted by Crippen LogP contribution is -2.14. The number of aromatic nitrogens is 2.